The van der Waals surface area contributed by atoms with Gasteiger partial charge in [-0.1, -0.05) is 12.5 Å². The summed E-state index contributed by atoms with van der Waals surface area (Å²) < 4.78 is 40.8. The fourth-order valence-corrected chi connectivity index (χ4v) is 4.68. The molecule has 1 fully saturated rings. The number of carbonyl (C=O) groups is 1. The van der Waals surface area contributed by atoms with E-state index in [0.29, 0.717) is 29.9 Å². The van der Waals surface area contributed by atoms with E-state index in [0.717, 1.165) is 31.9 Å². The summed E-state index contributed by atoms with van der Waals surface area (Å²) in [7, 11) is 0. The van der Waals surface area contributed by atoms with E-state index in [4.69, 9.17) is 0 Å². The van der Waals surface area contributed by atoms with Crippen LogP contribution in [0.3, 0.4) is 0 Å². The van der Waals surface area contributed by atoms with Crippen molar-refractivity contribution in [2.24, 2.45) is 5.92 Å². The highest BCUT2D eigenvalue weighted by atomic mass is 19.4. The Kier molecular flexibility index (Phi) is 3.44. The van der Waals surface area contributed by atoms with Gasteiger partial charge < -0.3 is 14.9 Å². The van der Waals surface area contributed by atoms with E-state index in [-0.39, 0.29) is 18.4 Å². The van der Waals surface area contributed by atoms with Crippen LogP contribution >= 0.6 is 0 Å². The molecule has 1 aromatic carbocycles. The van der Waals surface area contributed by atoms with Crippen LogP contribution in [0.1, 0.15) is 41.9 Å². The van der Waals surface area contributed by atoms with Crippen LogP contribution in [0.4, 0.5) is 23.7 Å². The van der Waals surface area contributed by atoms with E-state index in [1.807, 2.05) is 4.90 Å². The summed E-state index contributed by atoms with van der Waals surface area (Å²) >= 11 is 0. The minimum Gasteiger partial charge on any atom is -0.465 e. The van der Waals surface area contributed by atoms with E-state index in [2.05, 4.69) is 0 Å². The first-order valence-corrected chi connectivity index (χ1v) is 8.32. The van der Waals surface area contributed by atoms with Crippen LogP contribution in [-0.4, -0.2) is 35.7 Å². The molecule has 0 spiro atoms. The molecule has 24 heavy (non-hydrogen) atoms. The molecule has 130 valence electrons. The Balaban J connectivity index is 1.90. The third-order valence-corrected chi connectivity index (χ3v) is 5.68. The van der Waals surface area contributed by atoms with E-state index in [1.54, 1.807) is 0 Å². The first-order valence-electron chi connectivity index (χ1n) is 8.32. The topological polar surface area (TPSA) is 43.8 Å². The quantitative estimate of drug-likeness (QED) is 0.779. The molecular formula is C17H19F3N2O2. The van der Waals surface area contributed by atoms with Crippen LogP contribution in [0.15, 0.2) is 12.1 Å². The second-order valence-electron chi connectivity index (χ2n) is 6.98. The van der Waals surface area contributed by atoms with E-state index in [1.165, 1.54) is 11.0 Å². The normalized spacial score (nSPS) is 26.0. The van der Waals surface area contributed by atoms with Gasteiger partial charge in [0.15, 0.2) is 0 Å². The van der Waals surface area contributed by atoms with Crippen LogP contribution in [0.5, 0.6) is 0 Å². The molecule has 1 aliphatic carbocycles. The van der Waals surface area contributed by atoms with Crippen molar-refractivity contribution < 1.29 is 23.1 Å². The number of rotatable bonds is 0. The molecule has 2 aliphatic heterocycles. The van der Waals surface area contributed by atoms with E-state index >= 15 is 0 Å². The molecule has 7 heteroatoms. The van der Waals surface area contributed by atoms with Crippen LogP contribution < -0.4 is 4.90 Å². The highest BCUT2D eigenvalue weighted by Gasteiger charge is 2.45. The minimum absolute atomic E-state index is 0.0517. The Bertz CT molecular complexity index is 689. The molecule has 1 saturated carbocycles. The van der Waals surface area contributed by atoms with Crippen LogP contribution in [0, 0.1) is 5.92 Å². The molecule has 3 aliphatic rings. The van der Waals surface area contributed by atoms with Crippen LogP contribution in [-0.2, 0) is 12.7 Å². The summed E-state index contributed by atoms with van der Waals surface area (Å²) in [6.07, 6.45) is -2.69. The van der Waals surface area contributed by atoms with Crippen molar-refractivity contribution in [1.29, 1.82) is 0 Å². The van der Waals surface area contributed by atoms with Crippen LogP contribution in [0.2, 0.25) is 0 Å². The number of halogens is 3. The molecule has 0 radical (unpaired) electrons. The maximum atomic E-state index is 13.6. The van der Waals surface area contributed by atoms with Crippen molar-refractivity contribution in [2.45, 2.75) is 37.9 Å². The monoisotopic (exact) mass is 340 g/mol. The lowest BCUT2D eigenvalue weighted by molar-refractivity contribution is -0.138. The number of amides is 1. The van der Waals surface area contributed by atoms with Gasteiger partial charge in [0.2, 0.25) is 0 Å². The number of benzene rings is 1. The zero-order chi connectivity index (χ0) is 17.1. The first-order chi connectivity index (χ1) is 11.4. The largest absolute Gasteiger partial charge is 0.465 e. The standard InChI is InChI=1S/C17H19F3N2O2/c18-17(19,20)13-5-4-11-9-22(16(23)24)7-6-21-8-10-2-1-3-12(10)14(13)15(11)21/h4-5,10,12H,1-3,6-9H2,(H,23,24). The van der Waals surface area contributed by atoms with Gasteiger partial charge in [0, 0.05) is 25.3 Å². The summed E-state index contributed by atoms with van der Waals surface area (Å²) in [5.74, 6) is 0.189. The number of carboxylic acid groups (broad SMARTS) is 1. The molecule has 4 rings (SSSR count). The van der Waals surface area contributed by atoms with Gasteiger partial charge in [-0.05, 0) is 41.9 Å². The number of nitrogens with zero attached hydrogens (tertiary/aromatic N) is 2. The van der Waals surface area contributed by atoms with E-state index < -0.39 is 17.8 Å². The molecule has 0 bridgehead atoms. The third-order valence-electron chi connectivity index (χ3n) is 5.68. The summed E-state index contributed by atoms with van der Waals surface area (Å²) in [6, 6.07) is 2.61. The minimum atomic E-state index is -4.38. The first kappa shape index (κ1) is 15.6. The Labute approximate surface area is 137 Å². The van der Waals surface area contributed by atoms with Crippen molar-refractivity contribution in [3.05, 3.63) is 28.8 Å². The smallest absolute Gasteiger partial charge is 0.416 e. The number of anilines is 1. The molecule has 2 heterocycles. The van der Waals surface area contributed by atoms with Crippen LogP contribution in [0.25, 0.3) is 0 Å². The average molecular weight is 340 g/mol. The molecule has 0 aromatic heterocycles. The SMILES string of the molecule is O=C(O)N1CCN2CC3CCCC3c3c(C(F)(F)F)ccc(c32)C1. The Morgan fingerprint density at radius 3 is 2.71 bits per heavy atom. The Morgan fingerprint density at radius 1 is 1.21 bits per heavy atom. The van der Waals surface area contributed by atoms with Crippen molar-refractivity contribution in [3.63, 3.8) is 0 Å². The predicted octanol–water partition coefficient (Wildman–Crippen LogP) is 3.90. The second-order valence-corrected chi connectivity index (χ2v) is 6.98. The number of hydrogen-bond donors (Lipinski definition) is 1. The molecule has 2 atom stereocenters. The lowest BCUT2D eigenvalue weighted by Gasteiger charge is -2.40. The summed E-state index contributed by atoms with van der Waals surface area (Å²) in [6.45, 7) is 1.67. The lowest BCUT2D eigenvalue weighted by Crippen LogP contribution is -2.40. The number of fused-ring (bicyclic) bond motifs is 2. The Morgan fingerprint density at radius 2 is 2.00 bits per heavy atom. The second kappa shape index (κ2) is 5.29. The lowest BCUT2D eigenvalue weighted by atomic mass is 9.79. The van der Waals surface area contributed by atoms with Gasteiger partial charge in [-0.15, -0.1) is 0 Å². The molecular weight excluding hydrogens is 321 g/mol. The summed E-state index contributed by atoms with van der Waals surface area (Å²) in [5.41, 5.74) is 1.23. The highest BCUT2D eigenvalue weighted by Crippen LogP contribution is 2.53. The third kappa shape index (κ3) is 2.32. The van der Waals surface area contributed by atoms with Crippen molar-refractivity contribution in [2.75, 3.05) is 24.5 Å². The zero-order valence-corrected chi connectivity index (χ0v) is 13.1. The van der Waals surface area contributed by atoms with E-state index in [9.17, 15) is 23.1 Å². The van der Waals surface area contributed by atoms with Gasteiger partial charge in [-0.25, -0.2) is 4.79 Å². The van der Waals surface area contributed by atoms with Gasteiger partial charge in [0.1, 0.15) is 0 Å². The van der Waals surface area contributed by atoms with Crippen molar-refractivity contribution >= 4 is 11.8 Å². The molecule has 1 N–H and O–H groups in total. The van der Waals surface area contributed by atoms with Gasteiger partial charge in [0.05, 0.1) is 12.1 Å². The fraction of sp³-hybridized carbons (Fsp3) is 0.588. The van der Waals surface area contributed by atoms with Crippen molar-refractivity contribution in [1.82, 2.24) is 4.90 Å². The highest BCUT2D eigenvalue weighted by molar-refractivity contribution is 5.70. The fourth-order valence-electron chi connectivity index (χ4n) is 4.68. The maximum Gasteiger partial charge on any atom is 0.416 e. The summed E-state index contributed by atoms with van der Waals surface area (Å²) in [4.78, 5) is 14.6. The zero-order valence-electron chi connectivity index (χ0n) is 13.1. The predicted molar refractivity (Wildman–Crippen MR) is 82.2 cm³/mol. The molecule has 1 amide bonds. The van der Waals surface area contributed by atoms with Gasteiger partial charge in [0.25, 0.3) is 0 Å². The molecule has 1 aromatic rings. The van der Waals surface area contributed by atoms with Gasteiger partial charge >= 0.3 is 12.3 Å². The van der Waals surface area contributed by atoms with Gasteiger partial charge in [-0.2, -0.15) is 13.2 Å². The van der Waals surface area contributed by atoms with Crippen molar-refractivity contribution in [3.8, 4) is 0 Å². The number of alkyl halides is 3. The molecule has 4 nitrogen and oxygen atoms in total. The van der Waals surface area contributed by atoms with Gasteiger partial charge in [-0.3, -0.25) is 0 Å². The average Bonchev–Trinajstić information content (AvgIpc) is 2.89. The Hall–Kier alpha value is -1.92. The molecule has 0 saturated heterocycles. The number of hydrogen-bond acceptors (Lipinski definition) is 2. The summed E-state index contributed by atoms with van der Waals surface area (Å²) in [5, 5.41) is 9.31. The maximum absolute atomic E-state index is 13.6. The molecule has 2 unspecified atom stereocenters.